The second-order valence-electron chi connectivity index (χ2n) is 4.96. The first-order chi connectivity index (χ1) is 11.7. The molecule has 0 aliphatic rings. The largest absolute Gasteiger partial charge is 0.405 e. The maximum Gasteiger partial charge on any atom is 0.405 e. The van der Waals surface area contributed by atoms with E-state index in [1.807, 2.05) is 0 Å². The maximum absolute atomic E-state index is 13.8. The van der Waals surface area contributed by atoms with Gasteiger partial charge in [0, 0.05) is 14.6 Å². The van der Waals surface area contributed by atoms with Gasteiger partial charge in [-0.1, -0.05) is 0 Å². The van der Waals surface area contributed by atoms with Crippen molar-refractivity contribution in [2.45, 2.75) is 19.1 Å². The van der Waals surface area contributed by atoms with Gasteiger partial charge in [-0.3, -0.25) is 4.79 Å². The second-order valence-corrected chi connectivity index (χ2v) is 4.96. The molecule has 0 radical (unpaired) electrons. The fourth-order valence-electron chi connectivity index (χ4n) is 1.73. The van der Waals surface area contributed by atoms with Gasteiger partial charge in [0.25, 0.3) is 0 Å². The molecular formula is C14H16F5N5O. The van der Waals surface area contributed by atoms with E-state index in [2.05, 4.69) is 20.3 Å². The molecule has 138 valence electrons. The number of nitrogens with one attached hydrogen (secondary N) is 2. The van der Waals surface area contributed by atoms with Crippen LogP contribution in [0, 0.1) is 11.8 Å². The van der Waals surface area contributed by atoms with E-state index in [-0.39, 0.29) is 14.5 Å². The summed E-state index contributed by atoms with van der Waals surface area (Å²) in [5.41, 5.74) is 0.290. The summed E-state index contributed by atoms with van der Waals surface area (Å²) in [6, 6.07) is 1.19. The number of carbonyl (C=O) groups excluding carboxylic acids is 1. The van der Waals surface area contributed by atoms with E-state index in [9.17, 15) is 26.7 Å². The Hall–Kier alpha value is -2.85. The van der Waals surface area contributed by atoms with Gasteiger partial charge in [-0.15, -0.1) is 0 Å². The third kappa shape index (κ3) is 5.33. The zero-order chi connectivity index (χ0) is 18.6. The van der Waals surface area contributed by atoms with E-state index >= 15 is 0 Å². The SMILES string of the molecule is C[C@H](Nc1nc(-c2ccc(F)nc2)ncc1F)C(=O)NCC(F)(F)F.[HH].[HH]. The summed E-state index contributed by atoms with van der Waals surface area (Å²) in [4.78, 5) is 22.6. The summed E-state index contributed by atoms with van der Waals surface area (Å²) in [5.74, 6) is -3.00. The summed E-state index contributed by atoms with van der Waals surface area (Å²) in [5, 5.41) is 4.04. The van der Waals surface area contributed by atoms with Gasteiger partial charge >= 0.3 is 6.18 Å². The van der Waals surface area contributed by atoms with Crippen LogP contribution in [0.5, 0.6) is 0 Å². The minimum Gasteiger partial charge on any atom is -0.356 e. The highest BCUT2D eigenvalue weighted by atomic mass is 19.4. The van der Waals surface area contributed by atoms with E-state index in [4.69, 9.17) is 0 Å². The normalized spacial score (nSPS) is 12.6. The standard InChI is InChI=1S/C14H12F5N5O.2H2/c1-7(13(25)22-6-14(17,18)19)23-12-9(15)5-21-11(24-12)8-2-3-10(16)20-4-8;;/h2-5,7H,6H2,1H3,(H,22,25)(H,21,23,24);2*1H/t7-;;/m0../s1. The van der Waals surface area contributed by atoms with Gasteiger partial charge in [-0.25, -0.2) is 19.3 Å². The number of nitrogens with zero attached hydrogens (tertiary/aromatic N) is 3. The number of alkyl halides is 3. The quantitative estimate of drug-likeness (QED) is 0.629. The lowest BCUT2D eigenvalue weighted by Crippen LogP contribution is -2.42. The molecule has 0 fully saturated rings. The Kier molecular flexibility index (Phi) is 5.45. The van der Waals surface area contributed by atoms with Crippen molar-refractivity contribution in [2.75, 3.05) is 11.9 Å². The molecule has 2 heterocycles. The summed E-state index contributed by atoms with van der Waals surface area (Å²) in [6.07, 6.45) is -2.61. The van der Waals surface area contributed by atoms with Crippen molar-refractivity contribution in [3.05, 3.63) is 36.3 Å². The fourth-order valence-corrected chi connectivity index (χ4v) is 1.73. The number of carbonyl (C=O) groups is 1. The van der Waals surface area contributed by atoms with Gasteiger partial charge in [0.15, 0.2) is 17.5 Å². The zero-order valence-electron chi connectivity index (χ0n) is 12.7. The number of pyridine rings is 1. The molecule has 11 heteroatoms. The molecule has 0 aliphatic carbocycles. The maximum atomic E-state index is 13.8. The van der Waals surface area contributed by atoms with E-state index < -0.39 is 36.4 Å². The summed E-state index contributed by atoms with van der Waals surface area (Å²) < 4.78 is 62.9. The van der Waals surface area contributed by atoms with Crippen molar-refractivity contribution in [3.63, 3.8) is 0 Å². The topological polar surface area (TPSA) is 79.8 Å². The van der Waals surface area contributed by atoms with Crippen molar-refractivity contribution < 1.29 is 29.6 Å². The molecule has 1 amide bonds. The van der Waals surface area contributed by atoms with Crippen LogP contribution >= 0.6 is 0 Å². The molecule has 0 bridgehead atoms. The van der Waals surface area contributed by atoms with Gasteiger partial charge in [0.05, 0.1) is 6.20 Å². The van der Waals surface area contributed by atoms with Gasteiger partial charge in [0.2, 0.25) is 11.9 Å². The molecular weight excluding hydrogens is 349 g/mol. The summed E-state index contributed by atoms with van der Waals surface area (Å²) >= 11 is 0. The Morgan fingerprint density at radius 2 is 1.96 bits per heavy atom. The van der Waals surface area contributed by atoms with Crippen molar-refractivity contribution in [1.82, 2.24) is 20.3 Å². The minimum atomic E-state index is -4.56. The van der Waals surface area contributed by atoms with Crippen LogP contribution in [0.4, 0.5) is 27.8 Å². The van der Waals surface area contributed by atoms with Crippen molar-refractivity contribution in [3.8, 4) is 11.4 Å². The van der Waals surface area contributed by atoms with Crippen LogP contribution in [-0.2, 0) is 4.79 Å². The second kappa shape index (κ2) is 7.36. The van der Waals surface area contributed by atoms with Crippen molar-refractivity contribution in [2.24, 2.45) is 0 Å². The van der Waals surface area contributed by atoms with Crippen molar-refractivity contribution >= 4 is 11.7 Å². The third-order valence-corrected chi connectivity index (χ3v) is 2.94. The number of hydrogen-bond donors (Lipinski definition) is 2. The third-order valence-electron chi connectivity index (χ3n) is 2.94. The number of anilines is 1. The number of amides is 1. The van der Waals surface area contributed by atoms with Gasteiger partial charge in [0.1, 0.15) is 12.6 Å². The Balaban J connectivity index is 0.00000338. The monoisotopic (exact) mass is 365 g/mol. The Labute approximate surface area is 141 Å². The molecule has 0 saturated carbocycles. The van der Waals surface area contributed by atoms with Crippen molar-refractivity contribution in [1.29, 1.82) is 0 Å². The van der Waals surface area contributed by atoms with Crippen LogP contribution in [0.25, 0.3) is 11.4 Å². The molecule has 1 atom stereocenters. The van der Waals surface area contributed by atoms with Crippen LogP contribution in [-0.4, -0.2) is 39.6 Å². The Morgan fingerprint density at radius 3 is 2.56 bits per heavy atom. The van der Waals surface area contributed by atoms with Crippen LogP contribution in [0.15, 0.2) is 24.5 Å². The lowest BCUT2D eigenvalue weighted by molar-refractivity contribution is -0.138. The summed E-state index contributed by atoms with van der Waals surface area (Å²) in [6.45, 7) is -0.261. The highest BCUT2D eigenvalue weighted by Gasteiger charge is 2.29. The van der Waals surface area contributed by atoms with Crippen LogP contribution in [0.3, 0.4) is 0 Å². The average Bonchev–Trinajstić information content (AvgIpc) is 2.54. The van der Waals surface area contributed by atoms with E-state index in [0.717, 1.165) is 18.5 Å². The first-order valence-corrected chi connectivity index (χ1v) is 6.91. The van der Waals surface area contributed by atoms with Crippen LogP contribution < -0.4 is 10.6 Å². The molecule has 0 aliphatic heterocycles. The molecule has 2 rings (SSSR count). The highest BCUT2D eigenvalue weighted by molar-refractivity contribution is 5.84. The molecule has 2 aromatic rings. The molecule has 0 aromatic carbocycles. The first-order valence-electron chi connectivity index (χ1n) is 6.91. The lowest BCUT2D eigenvalue weighted by Gasteiger charge is -2.16. The molecule has 0 unspecified atom stereocenters. The highest BCUT2D eigenvalue weighted by Crippen LogP contribution is 2.18. The molecule has 0 spiro atoms. The van der Waals surface area contributed by atoms with Crippen LogP contribution in [0.1, 0.15) is 9.78 Å². The molecule has 2 aromatic heterocycles. The zero-order valence-corrected chi connectivity index (χ0v) is 12.7. The predicted octanol–water partition coefficient (Wildman–Crippen LogP) is 2.79. The average molecular weight is 365 g/mol. The van der Waals surface area contributed by atoms with Crippen LogP contribution in [0.2, 0.25) is 0 Å². The molecule has 2 N–H and O–H groups in total. The van der Waals surface area contributed by atoms with E-state index in [1.54, 1.807) is 5.32 Å². The van der Waals surface area contributed by atoms with Gasteiger partial charge in [-0.05, 0) is 19.1 Å². The fraction of sp³-hybridized carbons (Fsp3) is 0.286. The number of rotatable bonds is 5. The predicted molar refractivity (Wildman–Crippen MR) is 81.6 cm³/mol. The molecule has 25 heavy (non-hydrogen) atoms. The summed E-state index contributed by atoms with van der Waals surface area (Å²) in [7, 11) is 0. The van der Waals surface area contributed by atoms with E-state index in [0.29, 0.717) is 5.56 Å². The number of hydrogen-bond acceptors (Lipinski definition) is 5. The molecule has 0 saturated heterocycles. The Bertz CT molecular complexity index is 761. The smallest absolute Gasteiger partial charge is 0.356 e. The van der Waals surface area contributed by atoms with E-state index in [1.165, 1.54) is 13.0 Å². The molecule has 6 nitrogen and oxygen atoms in total. The van der Waals surface area contributed by atoms with Gasteiger partial charge in [-0.2, -0.15) is 17.6 Å². The Morgan fingerprint density at radius 1 is 1.24 bits per heavy atom. The minimum absolute atomic E-state index is 0. The lowest BCUT2D eigenvalue weighted by atomic mass is 10.2. The first kappa shape index (κ1) is 18.5. The van der Waals surface area contributed by atoms with Gasteiger partial charge < -0.3 is 10.6 Å². The number of halogens is 5. The number of aromatic nitrogens is 3.